The fourth-order valence-corrected chi connectivity index (χ4v) is 1.68. The summed E-state index contributed by atoms with van der Waals surface area (Å²) in [6.45, 7) is 7.89. The van der Waals surface area contributed by atoms with Crippen LogP contribution in [0.3, 0.4) is 0 Å². The van der Waals surface area contributed by atoms with E-state index in [1.54, 1.807) is 0 Å². The molecule has 0 saturated heterocycles. The first-order valence-corrected chi connectivity index (χ1v) is 6.52. The Balaban J connectivity index is 2.03. The van der Waals surface area contributed by atoms with Gasteiger partial charge in [-0.15, -0.1) is 0 Å². The van der Waals surface area contributed by atoms with Crippen LogP contribution in [-0.2, 0) is 0 Å². The number of hydrogen-bond donors (Lipinski definition) is 0. The molecule has 2 rings (SSSR count). The van der Waals surface area contributed by atoms with E-state index in [2.05, 4.69) is 23.4 Å². The quantitative estimate of drug-likeness (QED) is 0.724. The molecule has 0 bridgehead atoms. The van der Waals surface area contributed by atoms with Crippen molar-refractivity contribution in [3.8, 4) is 11.8 Å². The van der Waals surface area contributed by atoms with Crippen LogP contribution in [0.2, 0.25) is 0 Å². The monoisotopic (exact) mass is 259 g/mol. The lowest BCUT2D eigenvalue weighted by Crippen LogP contribution is -1.80. The molecular formula is C19H17N. The van der Waals surface area contributed by atoms with E-state index in [1.807, 2.05) is 68.6 Å². The fraction of sp³-hybridized carbons (Fsp3) is 0.105. The fourth-order valence-electron chi connectivity index (χ4n) is 1.68. The molecule has 1 heterocycles. The minimum atomic E-state index is 1.00. The minimum absolute atomic E-state index is 1.00. The van der Waals surface area contributed by atoms with Crippen LogP contribution in [-0.4, -0.2) is 4.98 Å². The third-order valence-electron chi connectivity index (χ3n) is 2.89. The molecule has 1 heteroatoms. The molecule has 0 spiro atoms. The molecule has 0 saturated carbocycles. The second-order valence-electron chi connectivity index (χ2n) is 4.69. The molecule has 0 atom stereocenters. The van der Waals surface area contributed by atoms with Gasteiger partial charge in [-0.1, -0.05) is 42.2 Å². The van der Waals surface area contributed by atoms with Crippen LogP contribution < -0.4 is 0 Å². The van der Waals surface area contributed by atoms with Gasteiger partial charge in [-0.2, -0.15) is 0 Å². The normalized spacial score (nSPS) is 10.1. The highest BCUT2D eigenvalue weighted by atomic mass is 14.6. The van der Waals surface area contributed by atoms with E-state index in [9.17, 15) is 0 Å². The Morgan fingerprint density at radius 1 is 1.15 bits per heavy atom. The predicted octanol–water partition coefficient (Wildman–Crippen LogP) is 4.49. The Labute approximate surface area is 120 Å². The van der Waals surface area contributed by atoms with Crippen molar-refractivity contribution in [2.24, 2.45) is 0 Å². The van der Waals surface area contributed by atoms with Gasteiger partial charge in [-0.3, -0.25) is 4.98 Å². The zero-order valence-electron chi connectivity index (χ0n) is 11.9. The van der Waals surface area contributed by atoms with Gasteiger partial charge < -0.3 is 0 Å². The van der Waals surface area contributed by atoms with Gasteiger partial charge in [-0.05, 0) is 55.3 Å². The smallest absolute Gasteiger partial charge is 0.0373 e. The van der Waals surface area contributed by atoms with E-state index in [0.29, 0.717) is 0 Å². The third-order valence-corrected chi connectivity index (χ3v) is 2.89. The summed E-state index contributed by atoms with van der Waals surface area (Å²) in [4.78, 5) is 4.23. The van der Waals surface area contributed by atoms with E-state index in [0.717, 1.165) is 28.0 Å². The van der Waals surface area contributed by atoms with Crippen LogP contribution in [0, 0.1) is 18.8 Å². The highest BCUT2D eigenvalue weighted by Crippen LogP contribution is 2.11. The first-order valence-electron chi connectivity index (χ1n) is 6.52. The van der Waals surface area contributed by atoms with Gasteiger partial charge in [-0.25, -0.2) is 0 Å². The lowest BCUT2D eigenvalue weighted by atomic mass is 10.1. The second kappa shape index (κ2) is 6.54. The van der Waals surface area contributed by atoms with E-state index >= 15 is 0 Å². The predicted molar refractivity (Wildman–Crippen MR) is 86.0 cm³/mol. The number of benzene rings is 1. The van der Waals surface area contributed by atoms with E-state index < -0.39 is 0 Å². The van der Waals surface area contributed by atoms with Crippen molar-refractivity contribution >= 4 is 11.6 Å². The van der Waals surface area contributed by atoms with Crippen LogP contribution in [0.25, 0.3) is 11.6 Å². The maximum atomic E-state index is 4.23. The summed E-state index contributed by atoms with van der Waals surface area (Å²) < 4.78 is 0. The van der Waals surface area contributed by atoms with Crippen LogP contribution in [0.15, 0.2) is 55.3 Å². The number of allylic oxidation sites excluding steroid dienone is 2. The summed E-state index contributed by atoms with van der Waals surface area (Å²) in [7, 11) is 0. The largest absolute Gasteiger partial charge is 0.261 e. The molecule has 0 N–H and O–H groups in total. The van der Waals surface area contributed by atoms with Gasteiger partial charge in [0.15, 0.2) is 0 Å². The van der Waals surface area contributed by atoms with Gasteiger partial charge in [0.05, 0.1) is 0 Å². The van der Waals surface area contributed by atoms with E-state index in [-0.39, 0.29) is 0 Å². The van der Waals surface area contributed by atoms with Gasteiger partial charge in [0.1, 0.15) is 0 Å². The molecule has 1 aromatic carbocycles. The minimum Gasteiger partial charge on any atom is -0.261 e. The lowest BCUT2D eigenvalue weighted by Gasteiger charge is -1.98. The summed E-state index contributed by atoms with van der Waals surface area (Å²) in [5.41, 5.74) is 5.29. The van der Waals surface area contributed by atoms with E-state index in [4.69, 9.17) is 0 Å². The molecule has 0 aliphatic rings. The van der Waals surface area contributed by atoms with Crippen molar-refractivity contribution in [2.75, 3.05) is 0 Å². The first-order chi connectivity index (χ1) is 9.65. The Bertz CT molecular complexity index is 677. The van der Waals surface area contributed by atoms with Crippen molar-refractivity contribution < 1.29 is 0 Å². The van der Waals surface area contributed by atoms with Crippen LogP contribution in [0.1, 0.15) is 29.3 Å². The standard InChI is InChI=1S/C19H17N/c1-15(2)19-12-10-17(11-13-19)6-4-5-7-18-9-8-16(3)20-14-18/h5,7-14H,1H2,2-3H3/b7-5+. The van der Waals surface area contributed by atoms with Crippen molar-refractivity contribution in [3.63, 3.8) is 0 Å². The molecule has 0 aliphatic carbocycles. The van der Waals surface area contributed by atoms with Gasteiger partial charge in [0.2, 0.25) is 0 Å². The number of pyridine rings is 1. The Hall–Kier alpha value is -2.59. The lowest BCUT2D eigenvalue weighted by molar-refractivity contribution is 1.19. The summed E-state index contributed by atoms with van der Waals surface area (Å²) in [6, 6.07) is 12.1. The Kier molecular flexibility index (Phi) is 4.52. The topological polar surface area (TPSA) is 12.9 Å². The average molecular weight is 259 g/mol. The molecule has 0 amide bonds. The van der Waals surface area contributed by atoms with Crippen LogP contribution >= 0.6 is 0 Å². The molecule has 98 valence electrons. The Morgan fingerprint density at radius 2 is 1.90 bits per heavy atom. The van der Waals surface area contributed by atoms with Crippen molar-refractivity contribution in [1.29, 1.82) is 0 Å². The highest BCUT2D eigenvalue weighted by molar-refractivity contribution is 5.62. The SMILES string of the molecule is C=C(C)c1ccc(C#C/C=C/c2ccc(C)nc2)cc1. The molecule has 0 radical (unpaired) electrons. The number of nitrogens with zero attached hydrogens (tertiary/aromatic N) is 1. The van der Waals surface area contributed by atoms with Gasteiger partial charge in [0.25, 0.3) is 0 Å². The molecule has 0 unspecified atom stereocenters. The molecule has 0 aliphatic heterocycles. The number of aryl methyl sites for hydroxylation is 1. The average Bonchev–Trinajstić information content (AvgIpc) is 2.46. The van der Waals surface area contributed by atoms with Crippen LogP contribution in [0.4, 0.5) is 0 Å². The van der Waals surface area contributed by atoms with Crippen molar-refractivity contribution in [2.45, 2.75) is 13.8 Å². The number of hydrogen-bond acceptors (Lipinski definition) is 1. The Morgan fingerprint density at radius 3 is 2.50 bits per heavy atom. The van der Waals surface area contributed by atoms with Crippen molar-refractivity contribution in [1.82, 2.24) is 4.98 Å². The van der Waals surface area contributed by atoms with E-state index in [1.165, 1.54) is 0 Å². The summed E-state index contributed by atoms with van der Waals surface area (Å²) in [5.74, 6) is 6.14. The molecular weight excluding hydrogens is 242 g/mol. The third kappa shape index (κ3) is 3.96. The van der Waals surface area contributed by atoms with Gasteiger partial charge in [0, 0.05) is 17.5 Å². The maximum absolute atomic E-state index is 4.23. The molecule has 20 heavy (non-hydrogen) atoms. The summed E-state index contributed by atoms with van der Waals surface area (Å²) >= 11 is 0. The first kappa shape index (κ1) is 13.8. The second-order valence-corrected chi connectivity index (χ2v) is 4.69. The maximum Gasteiger partial charge on any atom is 0.0373 e. The number of rotatable bonds is 2. The zero-order chi connectivity index (χ0) is 14.4. The van der Waals surface area contributed by atoms with Crippen LogP contribution in [0.5, 0.6) is 0 Å². The highest BCUT2D eigenvalue weighted by Gasteiger charge is 1.91. The summed E-state index contributed by atoms with van der Waals surface area (Å²) in [6.07, 6.45) is 5.65. The molecule has 1 nitrogen and oxygen atoms in total. The molecule has 2 aromatic rings. The number of aromatic nitrogens is 1. The molecule has 0 fully saturated rings. The summed E-state index contributed by atoms with van der Waals surface area (Å²) in [5, 5.41) is 0. The van der Waals surface area contributed by atoms with Crippen molar-refractivity contribution in [3.05, 3.63) is 77.6 Å². The van der Waals surface area contributed by atoms with Gasteiger partial charge >= 0.3 is 0 Å². The zero-order valence-corrected chi connectivity index (χ0v) is 11.9. The molecule has 1 aromatic heterocycles.